The van der Waals surface area contributed by atoms with Crippen LogP contribution >= 0.6 is 0 Å². The number of sulfonamides is 1. The fraction of sp³-hybridized carbons (Fsp3) is 0.214. The second kappa shape index (κ2) is 11.0. The monoisotopic (exact) mass is 534 g/mol. The third kappa shape index (κ3) is 5.50. The SMILES string of the molecule is CCOc1ccccc1N(Cc1ccc(C(=O)Nc2c(C)n(C)n(-c3ccccc3)c2=O)cc1)S(C)(=O)=O. The summed E-state index contributed by atoms with van der Waals surface area (Å²) in [4.78, 5) is 26.1. The molecule has 0 aliphatic heterocycles. The van der Waals surface area contributed by atoms with Gasteiger partial charge in [0, 0.05) is 12.6 Å². The highest BCUT2D eigenvalue weighted by atomic mass is 32.2. The summed E-state index contributed by atoms with van der Waals surface area (Å²) >= 11 is 0. The maximum atomic E-state index is 13.1. The summed E-state index contributed by atoms with van der Waals surface area (Å²) in [5, 5.41) is 2.74. The van der Waals surface area contributed by atoms with Gasteiger partial charge in [-0.15, -0.1) is 0 Å². The Morgan fingerprint density at radius 3 is 2.24 bits per heavy atom. The van der Waals surface area contributed by atoms with Crippen LogP contribution in [0.25, 0.3) is 5.69 Å². The molecule has 0 aliphatic carbocycles. The summed E-state index contributed by atoms with van der Waals surface area (Å²) in [7, 11) is -1.87. The predicted octanol–water partition coefficient (Wildman–Crippen LogP) is 4.10. The molecular weight excluding hydrogens is 504 g/mol. The van der Waals surface area contributed by atoms with Gasteiger partial charge in [-0.1, -0.05) is 42.5 Å². The van der Waals surface area contributed by atoms with Crippen molar-refractivity contribution in [2.75, 3.05) is 22.5 Å². The lowest BCUT2D eigenvalue weighted by molar-refractivity contribution is 0.102. The number of hydrogen-bond acceptors (Lipinski definition) is 5. The minimum absolute atomic E-state index is 0.0599. The minimum atomic E-state index is -3.62. The standard InChI is InChI=1S/C28H30N4O5S/c1-5-37-25-14-10-9-13-24(25)31(38(4,35)36)19-21-15-17-22(18-16-21)27(33)29-26-20(2)30(3)32(28(26)34)23-11-7-6-8-12-23/h6-18H,5,19H2,1-4H3,(H,29,33). The van der Waals surface area contributed by atoms with Gasteiger partial charge in [0.25, 0.3) is 11.5 Å². The molecule has 0 spiro atoms. The average Bonchev–Trinajstić information content (AvgIpc) is 3.11. The molecule has 0 saturated heterocycles. The van der Waals surface area contributed by atoms with Crippen molar-refractivity contribution in [2.45, 2.75) is 20.4 Å². The van der Waals surface area contributed by atoms with Crippen molar-refractivity contribution >= 4 is 27.3 Å². The second-order valence-electron chi connectivity index (χ2n) is 8.76. The Morgan fingerprint density at radius 2 is 1.61 bits per heavy atom. The number of ether oxygens (including phenoxy) is 1. The van der Waals surface area contributed by atoms with E-state index in [0.717, 1.165) is 6.26 Å². The highest BCUT2D eigenvalue weighted by molar-refractivity contribution is 7.92. The van der Waals surface area contributed by atoms with E-state index in [2.05, 4.69) is 5.32 Å². The highest BCUT2D eigenvalue weighted by Crippen LogP contribution is 2.31. The van der Waals surface area contributed by atoms with Crippen LogP contribution in [0, 0.1) is 6.92 Å². The normalized spacial score (nSPS) is 11.3. The average molecular weight is 535 g/mol. The number of benzene rings is 3. The molecule has 9 nitrogen and oxygen atoms in total. The molecule has 1 N–H and O–H groups in total. The van der Waals surface area contributed by atoms with Gasteiger partial charge < -0.3 is 10.1 Å². The van der Waals surface area contributed by atoms with Crippen molar-refractivity contribution in [2.24, 2.45) is 7.05 Å². The fourth-order valence-electron chi connectivity index (χ4n) is 4.15. The van der Waals surface area contributed by atoms with E-state index in [1.165, 1.54) is 8.99 Å². The first kappa shape index (κ1) is 26.7. The molecule has 4 aromatic rings. The minimum Gasteiger partial charge on any atom is -0.492 e. The first-order valence-corrected chi connectivity index (χ1v) is 13.9. The van der Waals surface area contributed by atoms with Gasteiger partial charge in [0.05, 0.1) is 36.5 Å². The number of rotatable bonds is 9. The van der Waals surface area contributed by atoms with Crippen LogP contribution in [0.4, 0.5) is 11.4 Å². The number of aromatic nitrogens is 2. The third-order valence-corrected chi connectivity index (χ3v) is 7.30. The van der Waals surface area contributed by atoms with Gasteiger partial charge in [0.15, 0.2) is 0 Å². The molecule has 0 atom stereocenters. The lowest BCUT2D eigenvalue weighted by atomic mass is 10.1. The molecule has 1 aromatic heterocycles. The lowest BCUT2D eigenvalue weighted by Gasteiger charge is -2.24. The molecular formula is C28H30N4O5S. The maximum Gasteiger partial charge on any atom is 0.295 e. The Bertz CT molecular complexity index is 1610. The van der Waals surface area contributed by atoms with Gasteiger partial charge in [-0.25, -0.2) is 13.1 Å². The Kier molecular flexibility index (Phi) is 7.72. The quantitative estimate of drug-likeness (QED) is 0.348. The number of nitrogens with zero attached hydrogens (tertiary/aromatic N) is 3. The molecule has 3 aromatic carbocycles. The van der Waals surface area contributed by atoms with E-state index in [9.17, 15) is 18.0 Å². The molecule has 198 valence electrons. The fourth-order valence-corrected chi connectivity index (χ4v) is 5.04. The third-order valence-electron chi connectivity index (χ3n) is 6.17. The van der Waals surface area contributed by atoms with Crippen LogP contribution in [0.1, 0.15) is 28.5 Å². The van der Waals surface area contributed by atoms with Gasteiger partial charge in [-0.2, -0.15) is 0 Å². The van der Waals surface area contributed by atoms with Crippen molar-refractivity contribution in [3.63, 3.8) is 0 Å². The van der Waals surface area contributed by atoms with Crippen LogP contribution in [-0.4, -0.2) is 36.6 Å². The first-order chi connectivity index (χ1) is 18.1. The smallest absolute Gasteiger partial charge is 0.295 e. The number of hydrogen-bond donors (Lipinski definition) is 1. The molecule has 10 heteroatoms. The van der Waals surface area contributed by atoms with Gasteiger partial charge >= 0.3 is 0 Å². The topological polar surface area (TPSA) is 103 Å². The molecule has 0 unspecified atom stereocenters. The molecule has 0 aliphatic rings. The van der Waals surface area contributed by atoms with E-state index in [1.807, 2.05) is 37.3 Å². The van der Waals surface area contributed by atoms with E-state index >= 15 is 0 Å². The summed E-state index contributed by atoms with van der Waals surface area (Å²) in [5.74, 6) is 0.0278. The number of nitrogens with one attached hydrogen (secondary N) is 1. The number of anilines is 2. The Morgan fingerprint density at radius 1 is 0.974 bits per heavy atom. The van der Waals surface area contributed by atoms with Gasteiger partial charge in [0.1, 0.15) is 11.4 Å². The van der Waals surface area contributed by atoms with E-state index in [4.69, 9.17) is 4.74 Å². The first-order valence-electron chi connectivity index (χ1n) is 12.1. The van der Waals surface area contributed by atoms with Crippen LogP contribution in [0.3, 0.4) is 0 Å². The molecule has 0 saturated carbocycles. The molecule has 0 fully saturated rings. The van der Waals surface area contributed by atoms with Crippen LogP contribution in [0.5, 0.6) is 5.75 Å². The van der Waals surface area contributed by atoms with Crippen LogP contribution in [0.2, 0.25) is 0 Å². The lowest BCUT2D eigenvalue weighted by Crippen LogP contribution is -2.29. The van der Waals surface area contributed by atoms with Crippen molar-refractivity contribution in [1.29, 1.82) is 0 Å². The second-order valence-corrected chi connectivity index (χ2v) is 10.7. The van der Waals surface area contributed by atoms with E-state index < -0.39 is 15.9 Å². The molecule has 1 amide bonds. The number of carbonyl (C=O) groups excluding carboxylic acids is 1. The van der Waals surface area contributed by atoms with Crippen molar-refractivity contribution in [1.82, 2.24) is 9.36 Å². The van der Waals surface area contributed by atoms with Crippen LogP contribution < -0.4 is 19.9 Å². The summed E-state index contributed by atoms with van der Waals surface area (Å²) in [5.41, 5.74) is 2.62. The van der Waals surface area contributed by atoms with E-state index in [-0.39, 0.29) is 17.8 Å². The zero-order valence-electron chi connectivity index (χ0n) is 21.7. The maximum absolute atomic E-state index is 13.1. The van der Waals surface area contributed by atoms with Crippen molar-refractivity contribution < 1.29 is 17.9 Å². The number of carbonyl (C=O) groups is 1. The predicted molar refractivity (Wildman–Crippen MR) is 149 cm³/mol. The largest absolute Gasteiger partial charge is 0.492 e. The molecule has 0 radical (unpaired) electrons. The number of para-hydroxylation sites is 3. The summed E-state index contributed by atoms with van der Waals surface area (Å²) in [6, 6.07) is 22.7. The van der Waals surface area contributed by atoms with Gasteiger partial charge in [-0.3, -0.25) is 18.6 Å². The highest BCUT2D eigenvalue weighted by Gasteiger charge is 2.22. The summed E-state index contributed by atoms with van der Waals surface area (Å²) in [6.45, 7) is 4.05. The number of amides is 1. The zero-order chi connectivity index (χ0) is 27.4. The van der Waals surface area contributed by atoms with Crippen LogP contribution in [-0.2, 0) is 23.6 Å². The van der Waals surface area contributed by atoms with E-state index in [0.29, 0.717) is 40.6 Å². The molecule has 38 heavy (non-hydrogen) atoms. The summed E-state index contributed by atoms with van der Waals surface area (Å²) < 4.78 is 35.4. The van der Waals surface area contributed by atoms with Gasteiger partial charge in [0.2, 0.25) is 10.0 Å². The van der Waals surface area contributed by atoms with Crippen LogP contribution in [0.15, 0.2) is 83.7 Å². The van der Waals surface area contributed by atoms with Crippen molar-refractivity contribution in [3.8, 4) is 11.4 Å². The van der Waals surface area contributed by atoms with Gasteiger partial charge in [-0.05, 0) is 55.8 Å². The Labute approximate surface area is 221 Å². The molecule has 4 rings (SSSR count). The summed E-state index contributed by atoms with van der Waals surface area (Å²) in [6.07, 6.45) is 1.14. The molecule has 1 heterocycles. The molecule has 0 bridgehead atoms. The van der Waals surface area contributed by atoms with E-state index in [1.54, 1.807) is 67.2 Å². The van der Waals surface area contributed by atoms with Crippen molar-refractivity contribution in [3.05, 3.63) is 106 Å². The Balaban J connectivity index is 1.56. The Hall–Kier alpha value is -4.31. The zero-order valence-corrected chi connectivity index (χ0v) is 22.5.